The lowest BCUT2D eigenvalue weighted by atomic mass is 9.99. The van der Waals surface area contributed by atoms with Crippen LogP contribution in [-0.4, -0.2) is 96.7 Å². The van der Waals surface area contributed by atoms with Gasteiger partial charge in [-0.05, 0) is 37.5 Å². The number of phosphoric ester groups is 2. The predicted octanol–water partition coefficient (Wildman–Crippen LogP) is 24.7. The zero-order valence-electron chi connectivity index (χ0n) is 66.2. The van der Waals surface area contributed by atoms with Gasteiger partial charge >= 0.3 is 39.5 Å². The van der Waals surface area contributed by atoms with Crippen LogP contribution in [0, 0.1) is 11.8 Å². The van der Waals surface area contributed by atoms with Crippen LogP contribution in [0.25, 0.3) is 0 Å². The average Bonchev–Trinajstić information content (AvgIpc) is 0.958. The van der Waals surface area contributed by atoms with E-state index in [1.807, 2.05) is 0 Å². The molecule has 17 nitrogen and oxygen atoms in total. The summed E-state index contributed by atoms with van der Waals surface area (Å²) >= 11 is 0. The van der Waals surface area contributed by atoms with Gasteiger partial charge in [-0.3, -0.25) is 37.3 Å². The van der Waals surface area contributed by atoms with Crippen molar-refractivity contribution in [3.05, 3.63) is 0 Å². The maximum atomic E-state index is 13.1. The van der Waals surface area contributed by atoms with Gasteiger partial charge in [0.2, 0.25) is 0 Å². The van der Waals surface area contributed by atoms with Gasteiger partial charge in [0, 0.05) is 25.7 Å². The Hall–Kier alpha value is -1.94. The van der Waals surface area contributed by atoms with Crippen LogP contribution in [0.5, 0.6) is 0 Å². The molecule has 3 unspecified atom stereocenters. The number of hydrogen-bond acceptors (Lipinski definition) is 15. The predicted molar refractivity (Wildman–Crippen MR) is 414 cm³/mol. The first kappa shape index (κ1) is 99.1. The van der Waals surface area contributed by atoms with Crippen molar-refractivity contribution < 1.29 is 80.2 Å². The zero-order chi connectivity index (χ0) is 74.2. The Morgan fingerprint density at radius 3 is 0.752 bits per heavy atom. The lowest BCUT2D eigenvalue weighted by Gasteiger charge is -2.21. The second kappa shape index (κ2) is 73.6. The average molecular weight is 1480 g/mol. The Kier molecular flexibility index (Phi) is 72.2. The van der Waals surface area contributed by atoms with Crippen molar-refractivity contribution in [2.75, 3.05) is 39.6 Å². The van der Waals surface area contributed by atoms with E-state index >= 15 is 0 Å². The Morgan fingerprint density at radius 1 is 0.287 bits per heavy atom. The molecular weight excluding hydrogens is 1320 g/mol. The number of unbranched alkanes of at least 4 members (excludes halogenated alkanes) is 50. The van der Waals surface area contributed by atoms with Crippen LogP contribution in [0.2, 0.25) is 0 Å². The summed E-state index contributed by atoms with van der Waals surface area (Å²) < 4.78 is 68.8. The van der Waals surface area contributed by atoms with Crippen molar-refractivity contribution in [3.63, 3.8) is 0 Å². The molecule has 0 spiro atoms. The summed E-state index contributed by atoms with van der Waals surface area (Å²) in [4.78, 5) is 73.1. The quantitative estimate of drug-likeness (QED) is 0.0222. The highest BCUT2D eigenvalue weighted by molar-refractivity contribution is 7.47. The molecule has 0 saturated carbocycles. The number of ether oxygens (including phenoxy) is 4. The molecule has 0 aromatic carbocycles. The summed E-state index contributed by atoms with van der Waals surface area (Å²) in [6, 6.07) is 0. The summed E-state index contributed by atoms with van der Waals surface area (Å²) in [5.74, 6) is -0.503. The topological polar surface area (TPSA) is 237 Å². The highest BCUT2D eigenvalue weighted by Crippen LogP contribution is 2.45. The molecule has 0 aliphatic carbocycles. The summed E-state index contributed by atoms with van der Waals surface area (Å²) in [7, 11) is -9.92. The first-order chi connectivity index (χ1) is 48.9. The molecule has 0 aromatic rings. The Labute approximate surface area is 619 Å². The lowest BCUT2D eigenvalue weighted by Crippen LogP contribution is -2.30. The SMILES string of the molecule is CCCCCCCCCCCCCCCCCCCCC(=O)O[C@H](COC(=O)CCCCCCCCCCCCCCCCC(C)C)COP(=O)(O)OC[C@@H](O)COP(=O)(O)OC[C@@H](COC(=O)CCCCCCCCCCCCCC)OC(=O)CCCCCCCCCCCCC(C)CC. The molecule has 600 valence electrons. The zero-order valence-corrected chi connectivity index (χ0v) is 68.0. The van der Waals surface area contributed by atoms with Crippen LogP contribution in [-0.2, 0) is 65.4 Å². The van der Waals surface area contributed by atoms with Crippen LogP contribution in [0.15, 0.2) is 0 Å². The van der Waals surface area contributed by atoms with Gasteiger partial charge in [0.15, 0.2) is 12.2 Å². The number of carbonyl (C=O) groups excluding carboxylic acids is 4. The fourth-order valence-electron chi connectivity index (χ4n) is 12.7. The first-order valence-electron chi connectivity index (χ1n) is 42.5. The van der Waals surface area contributed by atoms with Crippen LogP contribution < -0.4 is 0 Å². The van der Waals surface area contributed by atoms with Crippen molar-refractivity contribution in [2.45, 2.75) is 452 Å². The standard InChI is InChI=1S/C82H160O17P2/c1-7-10-12-14-16-18-20-22-23-24-25-26-31-35-42-48-54-60-66-81(86)98-77(70-93-80(85)65-59-53-47-41-34-30-28-27-29-32-38-44-50-56-62-74(4)5)72-96-100(88,89)94-68-76(83)69-95-101(90,91)97-73-78(71-92-79(84)64-58-52-46-40-33-21-19-17-15-13-11-8-2)99-82(87)67-61-55-49-43-37-36-39-45-51-57-63-75(6)9-3/h74-78,83H,7-73H2,1-6H3,(H,88,89)(H,90,91)/t75?,76-,77-,78-/m1/s1. The molecule has 0 heterocycles. The van der Waals surface area contributed by atoms with E-state index in [0.717, 1.165) is 102 Å². The summed E-state index contributed by atoms with van der Waals surface area (Å²) in [6.45, 7) is 9.70. The summed E-state index contributed by atoms with van der Waals surface area (Å²) in [5.41, 5.74) is 0. The van der Waals surface area contributed by atoms with E-state index < -0.39 is 97.5 Å². The second-order valence-electron chi connectivity index (χ2n) is 30.2. The molecule has 101 heavy (non-hydrogen) atoms. The minimum Gasteiger partial charge on any atom is -0.462 e. The van der Waals surface area contributed by atoms with Crippen LogP contribution in [0.4, 0.5) is 0 Å². The third-order valence-electron chi connectivity index (χ3n) is 19.6. The van der Waals surface area contributed by atoms with Crippen LogP contribution >= 0.6 is 15.6 Å². The van der Waals surface area contributed by atoms with Crippen molar-refractivity contribution in [1.29, 1.82) is 0 Å². The number of hydrogen-bond donors (Lipinski definition) is 3. The smallest absolute Gasteiger partial charge is 0.462 e. The molecule has 0 amide bonds. The molecule has 0 aromatic heterocycles. The molecule has 0 bridgehead atoms. The normalized spacial score (nSPS) is 14.2. The number of aliphatic hydroxyl groups excluding tert-OH is 1. The van der Waals surface area contributed by atoms with E-state index in [1.165, 1.54) is 250 Å². The summed E-state index contributed by atoms with van der Waals surface area (Å²) in [6.07, 6.45) is 63.6. The Balaban J connectivity index is 5.26. The third-order valence-corrected chi connectivity index (χ3v) is 21.5. The fraction of sp³-hybridized carbons (Fsp3) is 0.951. The monoisotopic (exact) mass is 1480 g/mol. The van der Waals surface area contributed by atoms with E-state index in [-0.39, 0.29) is 25.7 Å². The minimum atomic E-state index is -4.96. The van der Waals surface area contributed by atoms with E-state index in [9.17, 15) is 43.2 Å². The fourth-order valence-corrected chi connectivity index (χ4v) is 14.3. The molecule has 0 rings (SSSR count). The maximum Gasteiger partial charge on any atom is 0.472 e. The van der Waals surface area contributed by atoms with E-state index in [4.69, 9.17) is 37.0 Å². The molecule has 0 aliphatic heterocycles. The van der Waals surface area contributed by atoms with E-state index in [0.29, 0.717) is 25.7 Å². The first-order valence-corrected chi connectivity index (χ1v) is 45.5. The van der Waals surface area contributed by atoms with Gasteiger partial charge in [-0.1, -0.05) is 382 Å². The minimum absolute atomic E-state index is 0.107. The molecule has 6 atom stereocenters. The lowest BCUT2D eigenvalue weighted by molar-refractivity contribution is -0.161. The van der Waals surface area contributed by atoms with Gasteiger partial charge in [-0.25, -0.2) is 9.13 Å². The van der Waals surface area contributed by atoms with Crippen molar-refractivity contribution in [2.24, 2.45) is 11.8 Å². The molecule has 0 radical (unpaired) electrons. The van der Waals surface area contributed by atoms with Crippen molar-refractivity contribution in [1.82, 2.24) is 0 Å². The Bertz CT molecular complexity index is 1940. The van der Waals surface area contributed by atoms with Gasteiger partial charge in [-0.15, -0.1) is 0 Å². The third kappa shape index (κ3) is 74.7. The molecule has 3 N–H and O–H groups in total. The maximum absolute atomic E-state index is 13.1. The number of aliphatic hydroxyl groups is 1. The molecule has 0 saturated heterocycles. The molecule has 0 aliphatic rings. The number of phosphoric acid groups is 2. The largest absolute Gasteiger partial charge is 0.472 e. The van der Waals surface area contributed by atoms with Gasteiger partial charge in [0.25, 0.3) is 0 Å². The number of esters is 4. The van der Waals surface area contributed by atoms with E-state index in [1.54, 1.807) is 0 Å². The van der Waals surface area contributed by atoms with Gasteiger partial charge in [0.05, 0.1) is 26.4 Å². The van der Waals surface area contributed by atoms with Crippen LogP contribution in [0.1, 0.15) is 433 Å². The number of carbonyl (C=O) groups is 4. The molecular formula is C82H160O17P2. The molecule has 0 fully saturated rings. The van der Waals surface area contributed by atoms with Crippen molar-refractivity contribution >= 4 is 39.5 Å². The number of rotatable bonds is 81. The Morgan fingerprint density at radius 2 is 0.505 bits per heavy atom. The van der Waals surface area contributed by atoms with Gasteiger partial charge < -0.3 is 33.8 Å². The second-order valence-corrected chi connectivity index (χ2v) is 33.1. The van der Waals surface area contributed by atoms with Gasteiger partial charge in [-0.2, -0.15) is 0 Å². The van der Waals surface area contributed by atoms with Gasteiger partial charge in [0.1, 0.15) is 19.3 Å². The highest BCUT2D eigenvalue weighted by atomic mass is 31.2. The highest BCUT2D eigenvalue weighted by Gasteiger charge is 2.30. The summed E-state index contributed by atoms with van der Waals surface area (Å²) in [5, 5.41) is 10.7. The van der Waals surface area contributed by atoms with Crippen LogP contribution in [0.3, 0.4) is 0 Å². The van der Waals surface area contributed by atoms with E-state index in [2.05, 4.69) is 41.5 Å². The molecule has 19 heteroatoms. The van der Waals surface area contributed by atoms with Crippen molar-refractivity contribution in [3.8, 4) is 0 Å².